The largest absolute Gasteiger partial charge is 0.461 e. The minimum atomic E-state index is -0.103. The SMILES string of the molecule is C=CCOC(=O)CCCCCCC/C=C\C. The number of unbranched alkanes of at least 4 members (excludes halogenated alkanes) is 5. The Morgan fingerprint density at radius 1 is 1.19 bits per heavy atom. The summed E-state index contributed by atoms with van der Waals surface area (Å²) in [6, 6.07) is 0. The second kappa shape index (κ2) is 12.0. The van der Waals surface area contributed by atoms with Crippen molar-refractivity contribution < 1.29 is 9.53 Å². The maximum absolute atomic E-state index is 11.1. The van der Waals surface area contributed by atoms with E-state index in [4.69, 9.17) is 4.74 Å². The molecule has 0 fully saturated rings. The third-order valence-electron chi connectivity index (χ3n) is 2.35. The van der Waals surface area contributed by atoms with Gasteiger partial charge in [-0.05, 0) is 26.2 Å². The molecule has 0 aliphatic carbocycles. The van der Waals surface area contributed by atoms with Gasteiger partial charge in [0.25, 0.3) is 0 Å². The molecule has 2 heteroatoms. The molecular formula is C14H24O2. The summed E-state index contributed by atoms with van der Waals surface area (Å²) in [4.78, 5) is 11.1. The molecule has 0 aliphatic rings. The summed E-state index contributed by atoms with van der Waals surface area (Å²) in [5, 5.41) is 0. The summed E-state index contributed by atoms with van der Waals surface area (Å²) < 4.78 is 4.88. The molecule has 0 spiro atoms. The second-order valence-corrected chi connectivity index (χ2v) is 3.85. The zero-order valence-corrected chi connectivity index (χ0v) is 10.4. The van der Waals surface area contributed by atoms with E-state index in [1.54, 1.807) is 6.08 Å². The van der Waals surface area contributed by atoms with Crippen LogP contribution in [0, 0.1) is 0 Å². The van der Waals surface area contributed by atoms with E-state index >= 15 is 0 Å². The third-order valence-corrected chi connectivity index (χ3v) is 2.35. The minimum Gasteiger partial charge on any atom is -0.461 e. The Kier molecular flexibility index (Phi) is 11.2. The number of carbonyl (C=O) groups is 1. The van der Waals surface area contributed by atoms with Crippen LogP contribution in [-0.4, -0.2) is 12.6 Å². The van der Waals surface area contributed by atoms with Crippen molar-refractivity contribution in [2.45, 2.75) is 51.9 Å². The first kappa shape index (κ1) is 14.9. The second-order valence-electron chi connectivity index (χ2n) is 3.85. The number of ether oxygens (including phenoxy) is 1. The van der Waals surface area contributed by atoms with Crippen LogP contribution in [0.4, 0.5) is 0 Å². The maximum atomic E-state index is 11.1. The molecule has 0 rings (SSSR count). The Labute approximate surface area is 99.4 Å². The van der Waals surface area contributed by atoms with E-state index in [9.17, 15) is 4.79 Å². The lowest BCUT2D eigenvalue weighted by molar-refractivity contribution is -0.142. The van der Waals surface area contributed by atoms with Crippen LogP contribution in [0.1, 0.15) is 51.9 Å². The summed E-state index contributed by atoms with van der Waals surface area (Å²) >= 11 is 0. The summed E-state index contributed by atoms with van der Waals surface area (Å²) in [7, 11) is 0. The lowest BCUT2D eigenvalue weighted by atomic mass is 10.1. The first-order valence-corrected chi connectivity index (χ1v) is 6.19. The normalized spacial score (nSPS) is 10.6. The molecule has 0 aliphatic heterocycles. The number of allylic oxidation sites excluding steroid dienone is 2. The van der Waals surface area contributed by atoms with Crippen molar-refractivity contribution in [2.75, 3.05) is 6.61 Å². The van der Waals surface area contributed by atoms with E-state index in [1.165, 1.54) is 25.7 Å². The Morgan fingerprint density at radius 2 is 1.88 bits per heavy atom. The maximum Gasteiger partial charge on any atom is 0.306 e. The van der Waals surface area contributed by atoms with E-state index < -0.39 is 0 Å². The number of hydrogen-bond acceptors (Lipinski definition) is 2. The van der Waals surface area contributed by atoms with Gasteiger partial charge in [-0.1, -0.05) is 44.1 Å². The van der Waals surface area contributed by atoms with Gasteiger partial charge in [0.15, 0.2) is 0 Å². The highest BCUT2D eigenvalue weighted by atomic mass is 16.5. The lowest BCUT2D eigenvalue weighted by Crippen LogP contribution is -2.03. The number of carbonyl (C=O) groups excluding carboxylic acids is 1. The summed E-state index contributed by atoms with van der Waals surface area (Å²) in [6.45, 7) is 5.88. The van der Waals surface area contributed by atoms with Gasteiger partial charge >= 0.3 is 5.97 Å². The monoisotopic (exact) mass is 224 g/mol. The molecule has 0 saturated heterocycles. The number of rotatable bonds is 10. The number of hydrogen-bond donors (Lipinski definition) is 0. The van der Waals surface area contributed by atoms with Crippen LogP contribution in [0.3, 0.4) is 0 Å². The van der Waals surface area contributed by atoms with Crippen LogP contribution in [-0.2, 0) is 9.53 Å². The fourth-order valence-electron chi connectivity index (χ4n) is 1.45. The highest BCUT2D eigenvalue weighted by molar-refractivity contribution is 5.69. The molecule has 0 aromatic carbocycles. The topological polar surface area (TPSA) is 26.3 Å². The molecule has 0 aromatic rings. The van der Waals surface area contributed by atoms with Crippen molar-refractivity contribution >= 4 is 5.97 Å². The molecule has 0 aromatic heterocycles. The Morgan fingerprint density at radius 3 is 2.56 bits per heavy atom. The predicted molar refractivity (Wildman–Crippen MR) is 68.3 cm³/mol. The van der Waals surface area contributed by atoms with Gasteiger partial charge < -0.3 is 4.74 Å². The molecule has 0 amide bonds. The molecule has 92 valence electrons. The minimum absolute atomic E-state index is 0.103. The Hall–Kier alpha value is -1.05. The molecule has 2 nitrogen and oxygen atoms in total. The molecule has 16 heavy (non-hydrogen) atoms. The zero-order valence-electron chi connectivity index (χ0n) is 10.4. The summed E-state index contributed by atoms with van der Waals surface area (Å²) in [5.74, 6) is -0.103. The fourth-order valence-corrected chi connectivity index (χ4v) is 1.45. The van der Waals surface area contributed by atoms with E-state index in [0.717, 1.165) is 12.8 Å². The average molecular weight is 224 g/mol. The van der Waals surface area contributed by atoms with Crippen molar-refractivity contribution in [1.82, 2.24) is 0 Å². The van der Waals surface area contributed by atoms with Gasteiger partial charge in [0.05, 0.1) is 0 Å². The molecule has 0 N–H and O–H groups in total. The van der Waals surface area contributed by atoms with E-state index in [1.807, 2.05) is 0 Å². The summed E-state index contributed by atoms with van der Waals surface area (Å²) in [6.07, 6.45) is 13.4. The van der Waals surface area contributed by atoms with Gasteiger partial charge in [0.1, 0.15) is 6.61 Å². The van der Waals surface area contributed by atoms with Gasteiger partial charge in [-0.2, -0.15) is 0 Å². The highest BCUT2D eigenvalue weighted by Crippen LogP contribution is 2.08. The smallest absolute Gasteiger partial charge is 0.306 e. The predicted octanol–water partition coefficient (Wildman–Crippen LogP) is 4.02. The first-order chi connectivity index (χ1) is 7.81. The van der Waals surface area contributed by atoms with Gasteiger partial charge in [0.2, 0.25) is 0 Å². The van der Waals surface area contributed by atoms with E-state index in [2.05, 4.69) is 25.7 Å². The Balaban J connectivity index is 3.14. The lowest BCUT2D eigenvalue weighted by Gasteiger charge is -2.01. The van der Waals surface area contributed by atoms with Crippen molar-refractivity contribution in [2.24, 2.45) is 0 Å². The van der Waals surface area contributed by atoms with Crippen molar-refractivity contribution in [1.29, 1.82) is 0 Å². The molecular weight excluding hydrogens is 200 g/mol. The standard InChI is InChI=1S/C14H24O2/c1-3-5-6-7-8-9-10-11-12-14(15)16-13-4-2/h3-5H,2,6-13H2,1H3/b5-3-. The van der Waals surface area contributed by atoms with Gasteiger partial charge in [-0.3, -0.25) is 4.79 Å². The van der Waals surface area contributed by atoms with Gasteiger partial charge in [-0.25, -0.2) is 0 Å². The van der Waals surface area contributed by atoms with Crippen LogP contribution >= 0.6 is 0 Å². The van der Waals surface area contributed by atoms with Gasteiger partial charge in [-0.15, -0.1) is 0 Å². The van der Waals surface area contributed by atoms with Crippen LogP contribution < -0.4 is 0 Å². The summed E-state index contributed by atoms with van der Waals surface area (Å²) in [5.41, 5.74) is 0. The van der Waals surface area contributed by atoms with Gasteiger partial charge in [0, 0.05) is 6.42 Å². The van der Waals surface area contributed by atoms with Crippen molar-refractivity contribution in [3.8, 4) is 0 Å². The molecule has 0 radical (unpaired) electrons. The van der Waals surface area contributed by atoms with Crippen molar-refractivity contribution in [3.63, 3.8) is 0 Å². The molecule has 0 heterocycles. The van der Waals surface area contributed by atoms with Crippen LogP contribution in [0.5, 0.6) is 0 Å². The Bertz CT molecular complexity index is 207. The first-order valence-electron chi connectivity index (χ1n) is 6.19. The third kappa shape index (κ3) is 11.0. The zero-order chi connectivity index (χ0) is 12.1. The number of esters is 1. The van der Waals surface area contributed by atoms with E-state index in [-0.39, 0.29) is 5.97 Å². The fraction of sp³-hybridized carbons (Fsp3) is 0.643. The highest BCUT2D eigenvalue weighted by Gasteiger charge is 2.00. The van der Waals surface area contributed by atoms with Crippen molar-refractivity contribution in [3.05, 3.63) is 24.8 Å². The van der Waals surface area contributed by atoms with Crippen LogP contribution in [0.2, 0.25) is 0 Å². The molecule has 0 atom stereocenters. The molecule has 0 saturated carbocycles. The van der Waals surface area contributed by atoms with E-state index in [0.29, 0.717) is 13.0 Å². The quantitative estimate of drug-likeness (QED) is 0.318. The van der Waals surface area contributed by atoms with Crippen LogP contribution in [0.15, 0.2) is 24.8 Å². The molecule has 0 unspecified atom stereocenters. The average Bonchev–Trinajstić information content (AvgIpc) is 2.30. The van der Waals surface area contributed by atoms with Crippen LogP contribution in [0.25, 0.3) is 0 Å². The molecule has 0 bridgehead atoms.